The molecule has 0 spiro atoms. The van der Waals surface area contributed by atoms with Gasteiger partial charge in [0.15, 0.2) is 11.5 Å². The molecule has 0 saturated heterocycles. The minimum absolute atomic E-state index is 0.107. The second kappa shape index (κ2) is 2.99. The van der Waals surface area contributed by atoms with E-state index >= 15 is 0 Å². The summed E-state index contributed by atoms with van der Waals surface area (Å²) >= 11 is 0. The van der Waals surface area contributed by atoms with Gasteiger partial charge in [0.25, 0.3) is 0 Å². The van der Waals surface area contributed by atoms with Crippen LogP contribution in [-0.2, 0) is 4.79 Å². The Kier molecular flexibility index (Phi) is 1.75. The first kappa shape index (κ1) is 8.77. The second-order valence-corrected chi connectivity index (χ2v) is 4.22. The second-order valence-electron chi connectivity index (χ2n) is 4.22. The number of hydrogen-bond acceptors (Lipinski definition) is 3. The van der Waals surface area contributed by atoms with Gasteiger partial charge in [-0.25, -0.2) is 0 Å². The first-order valence-corrected chi connectivity index (χ1v) is 5.19. The molecule has 3 heteroatoms. The Morgan fingerprint density at radius 3 is 2.67 bits per heavy atom. The third-order valence-corrected chi connectivity index (χ3v) is 3.21. The number of hydrogen-bond donors (Lipinski definition) is 0. The topological polar surface area (TPSA) is 35.5 Å². The van der Waals surface area contributed by atoms with E-state index < -0.39 is 0 Å². The fourth-order valence-corrected chi connectivity index (χ4v) is 1.96. The number of rotatable bonds is 2. The Morgan fingerprint density at radius 2 is 2.00 bits per heavy atom. The van der Waals surface area contributed by atoms with Gasteiger partial charge in [-0.05, 0) is 25.0 Å². The zero-order valence-corrected chi connectivity index (χ0v) is 8.31. The van der Waals surface area contributed by atoms with E-state index in [0.29, 0.717) is 6.61 Å². The van der Waals surface area contributed by atoms with Crippen LogP contribution < -0.4 is 9.47 Å². The van der Waals surface area contributed by atoms with Gasteiger partial charge in [0.05, 0.1) is 5.41 Å². The van der Waals surface area contributed by atoms with Crippen molar-refractivity contribution in [2.45, 2.75) is 18.9 Å². The molecule has 1 aliphatic carbocycles. The molecule has 0 N–H and O–H groups in total. The first-order chi connectivity index (χ1) is 7.34. The molecular formula is C12H12O3. The van der Waals surface area contributed by atoms with Crippen LogP contribution >= 0.6 is 0 Å². The lowest BCUT2D eigenvalue weighted by molar-refractivity contribution is -0.116. The molecule has 2 aliphatic rings. The van der Waals surface area contributed by atoms with E-state index in [2.05, 4.69) is 0 Å². The van der Waals surface area contributed by atoms with Crippen LogP contribution in [0.25, 0.3) is 0 Å². The van der Waals surface area contributed by atoms with Crippen LogP contribution in [-0.4, -0.2) is 19.0 Å². The lowest BCUT2D eigenvalue weighted by Gasteiger charge is -2.29. The number of carbonyl (C=O) groups is 1. The van der Waals surface area contributed by atoms with Crippen LogP contribution in [0, 0.1) is 5.41 Å². The molecule has 3 nitrogen and oxygen atoms in total. The number of carbonyl (C=O) groups excluding carboxylic acids is 1. The summed E-state index contributed by atoms with van der Waals surface area (Å²) in [6.07, 6.45) is 2.76. The van der Waals surface area contributed by atoms with E-state index in [4.69, 9.17) is 9.47 Å². The van der Waals surface area contributed by atoms with Gasteiger partial charge in [-0.1, -0.05) is 12.1 Å². The normalized spacial score (nSPS) is 25.7. The molecule has 0 aromatic heterocycles. The van der Waals surface area contributed by atoms with Crippen LogP contribution in [0.4, 0.5) is 0 Å². The summed E-state index contributed by atoms with van der Waals surface area (Å²) in [6.45, 7) is 0.482. The minimum Gasteiger partial charge on any atom is -0.486 e. The van der Waals surface area contributed by atoms with Crippen molar-refractivity contribution < 1.29 is 14.3 Å². The predicted molar refractivity (Wildman–Crippen MR) is 54.1 cm³/mol. The van der Waals surface area contributed by atoms with E-state index in [9.17, 15) is 4.79 Å². The maximum Gasteiger partial charge on any atom is 0.161 e. The fraction of sp³-hybridized carbons (Fsp3) is 0.417. The molecule has 1 aliphatic heterocycles. The van der Waals surface area contributed by atoms with Crippen molar-refractivity contribution >= 4 is 6.29 Å². The average Bonchev–Trinajstić information content (AvgIpc) is 3.09. The van der Waals surface area contributed by atoms with Crippen molar-refractivity contribution in [2.24, 2.45) is 5.41 Å². The number of para-hydroxylation sites is 2. The third-order valence-electron chi connectivity index (χ3n) is 3.21. The highest BCUT2D eigenvalue weighted by atomic mass is 16.6. The lowest BCUT2D eigenvalue weighted by atomic mass is 10.0. The molecule has 1 heterocycles. The molecule has 1 aromatic carbocycles. The van der Waals surface area contributed by atoms with Crippen molar-refractivity contribution in [3.8, 4) is 11.5 Å². The van der Waals surface area contributed by atoms with Gasteiger partial charge in [0, 0.05) is 0 Å². The molecule has 0 bridgehead atoms. The quantitative estimate of drug-likeness (QED) is 0.689. The highest BCUT2D eigenvalue weighted by Gasteiger charge is 2.52. The summed E-state index contributed by atoms with van der Waals surface area (Å²) < 4.78 is 11.4. The van der Waals surface area contributed by atoms with Crippen molar-refractivity contribution in [3.63, 3.8) is 0 Å². The van der Waals surface area contributed by atoms with E-state index in [1.807, 2.05) is 24.3 Å². The number of benzene rings is 1. The Balaban J connectivity index is 1.86. The minimum atomic E-state index is -0.270. The van der Waals surface area contributed by atoms with Gasteiger partial charge >= 0.3 is 0 Å². The molecule has 1 unspecified atom stereocenters. The average molecular weight is 204 g/mol. The summed E-state index contributed by atoms with van der Waals surface area (Å²) in [4.78, 5) is 11.0. The van der Waals surface area contributed by atoms with Gasteiger partial charge in [0.2, 0.25) is 0 Å². The smallest absolute Gasteiger partial charge is 0.161 e. The Bertz CT molecular complexity index is 396. The van der Waals surface area contributed by atoms with E-state index in [0.717, 1.165) is 30.6 Å². The molecule has 0 radical (unpaired) electrons. The van der Waals surface area contributed by atoms with E-state index in [-0.39, 0.29) is 11.5 Å². The van der Waals surface area contributed by atoms with Crippen molar-refractivity contribution in [1.82, 2.24) is 0 Å². The Labute approximate surface area is 88.0 Å². The lowest BCUT2D eigenvalue weighted by Crippen LogP contribution is -2.38. The van der Waals surface area contributed by atoms with Crippen LogP contribution in [0.3, 0.4) is 0 Å². The van der Waals surface area contributed by atoms with Crippen molar-refractivity contribution in [3.05, 3.63) is 24.3 Å². The van der Waals surface area contributed by atoms with Gasteiger partial charge in [0.1, 0.15) is 19.0 Å². The number of ether oxygens (including phenoxy) is 2. The highest BCUT2D eigenvalue weighted by Crippen LogP contribution is 2.50. The molecule has 1 fully saturated rings. The van der Waals surface area contributed by atoms with Crippen molar-refractivity contribution in [2.75, 3.05) is 6.61 Å². The monoisotopic (exact) mass is 204 g/mol. The zero-order valence-electron chi connectivity index (χ0n) is 8.31. The van der Waals surface area contributed by atoms with E-state index in [1.54, 1.807) is 0 Å². The van der Waals surface area contributed by atoms with Crippen LogP contribution in [0.15, 0.2) is 24.3 Å². The predicted octanol–water partition coefficient (Wildman–Crippen LogP) is 1.81. The van der Waals surface area contributed by atoms with Gasteiger partial charge < -0.3 is 14.3 Å². The number of fused-ring (bicyclic) bond motifs is 1. The van der Waals surface area contributed by atoms with Crippen LogP contribution in [0.2, 0.25) is 0 Å². The van der Waals surface area contributed by atoms with Gasteiger partial charge in [-0.15, -0.1) is 0 Å². The summed E-state index contributed by atoms with van der Waals surface area (Å²) in [5, 5.41) is 0. The molecule has 1 saturated carbocycles. The summed E-state index contributed by atoms with van der Waals surface area (Å²) in [5.41, 5.74) is -0.270. The third kappa shape index (κ3) is 1.30. The maximum absolute atomic E-state index is 11.0. The SMILES string of the molecule is O=CC1(C2COc3ccccc3O2)CC1. The standard InChI is InChI=1S/C12H12O3/c13-8-12(5-6-12)11-7-14-9-3-1-2-4-10(9)15-11/h1-4,8,11H,5-7H2. The zero-order chi connectivity index (χ0) is 10.3. The molecular weight excluding hydrogens is 192 g/mol. The Morgan fingerprint density at radius 1 is 1.27 bits per heavy atom. The fourth-order valence-electron chi connectivity index (χ4n) is 1.96. The summed E-state index contributed by atoms with van der Waals surface area (Å²) in [7, 11) is 0. The highest BCUT2D eigenvalue weighted by molar-refractivity contribution is 5.65. The van der Waals surface area contributed by atoms with Gasteiger partial charge in [-0.2, -0.15) is 0 Å². The van der Waals surface area contributed by atoms with E-state index in [1.165, 1.54) is 0 Å². The molecule has 0 amide bonds. The molecule has 15 heavy (non-hydrogen) atoms. The summed E-state index contributed by atoms with van der Waals surface area (Å²) in [5.74, 6) is 1.53. The van der Waals surface area contributed by atoms with Crippen LogP contribution in [0.5, 0.6) is 11.5 Å². The van der Waals surface area contributed by atoms with Crippen LogP contribution in [0.1, 0.15) is 12.8 Å². The van der Waals surface area contributed by atoms with Crippen molar-refractivity contribution in [1.29, 1.82) is 0 Å². The largest absolute Gasteiger partial charge is 0.486 e. The molecule has 1 atom stereocenters. The summed E-state index contributed by atoms with van der Waals surface area (Å²) in [6, 6.07) is 7.58. The molecule has 78 valence electrons. The Hall–Kier alpha value is -1.51. The molecule has 3 rings (SSSR count). The molecule has 1 aromatic rings. The first-order valence-electron chi connectivity index (χ1n) is 5.19. The number of aldehydes is 1. The maximum atomic E-state index is 11.0. The van der Waals surface area contributed by atoms with Gasteiger partial charge in [-0.3, -0.25) is 0 Å².